The molecule has 0 aliphatic rings. The lowest BCUT2D eigenvalue weighted by atomic mass is 10.3. The maximum absolute atomic E-state index is 4.44. The normalized spacial score (nSPS) is 12.2. The Morgan fingerprint density at radius 1 is 1.26 bits per heavy atom. The van der Waals surface area contributed by atoms with E-state index in [9.17, 15) is 0 Å². The molecule has 0 fully saturated rings. The number of hydrogen-bond donors (Lipinski definition) is 0. The van der Waals surface area contributed by atoms with E-state index in [-0.39, 0.29) is 0 Å². The topological polar surface area (TPSA) is 43.1 Å². The summed E-state index contributed by atoms with van der Waals surface area (Å²) < 4.78 is 1.95. The lowest BCUT2D eigenvalue weighted by Crippen LogP contribution is -2.29. The fourth-order valence-corrected chi connectivity index (χ4v) is 1.97. The number of imidazole rings is 1. The highest BCUT2D eigenvalue weighted by Gasteiger charge is 2.02. The Morgan fingerprint density at radius 3 is 2.63 bits per heavy atom. The zero-order valence-electron chi connectivity index (χ0n) is 11.8. The summed E-state index contributed by atoms with van der Waals surface area (Å²) in [5.74, 6) is 0. The molecule has 0 saturated heterocycles. The van der Waals surface area contributed by atoms with E-state index in [2.05, 4.69) is 21.5 Å². The fraction of sp³-hybridized carbons (Fsp3) is 0.267. The van der Waals surface area contributed by atoms with E-state index >= 15 is 0 Å². The van der Waals surface area contributed by atoms with Gasteiger partial charge in [-0.1, -0.05) is 6.58 Å². The van der Waals surface area contributed by atoms with Crippen molar-refractivity contribution in [2.24, 2.45) is 4.99 Å². The van der Waals surface area contributed by atoms with Gasteiger partial charge in [-0.25, -0.2) is 4.98 Å². The van der Waals surface area contributed by atoms with Gasteiger partial charge in [0.15, 0.2) is 0 Å². The van der Waals surface area contributed by atoms with Crippen LogP contribution in [0.25, 0.3) is 18.0 Å². The molecule has 98 valence electrons. The lowest BCUT2D eigenvalue weighted by Gasteiger charge is -2.02. The van der Waals surface area contributed by atoms with Gasteiger partial charge in [-0.2, -0.15) is 0 Å². The molecule has 0 radical (unpaired) electrons. The number of aromatic nitrogens is 3. The first-order valence-electron chi connectivity index (χ1n) is 6.17. The lowest BCUT2D eigenvalue weighted by molar-refractivity contribution is 1.01. The highest BCUT2D eigenvalue weighted by molar-refractivity contribution is 5.82. The van der Waals surface area contributed by atoms with Gasteiger partial charge in [0, 0.05) is 17.6 Å². The predicted octanol–water partition coefficient (Wildman–Crippen LogP) is 1.59. The quantitative estimate of drug-likeness (QED) is 0.764. The van der Waals surface area contributed by atoms with E-state index in [1.165, 1.54) is 0 Å². The van der Waals surface area contributed by atoms with E-state index in [0.717, 1.165) is 33.5 Å². The smallest absolute Gasteiger partial charge is 0.109 e. The van der Waals surface area contributed by atoms with Crippen molar-refractivity contribution in [3.05, 3.63) is 41.0 Å². The molecule has 0 bridgehead atoms. The van der Waals surface area contributed by atoms with Crippen molar-refractivity contribution in [1.82, 2.24) is 14.5 Å². The van der Waals surface area contributed by atoms with E-state index in [0.29, 0.717) is 0 Å². The van der Waals surface area contributed by atoms with E-state index in [1.807, 2.05) is 44.4 Å². The number of aryl methyl sites for hydroxylation is 1. The summed E-state index contributed by atoms with van der Waals surface area (Å²) in [6, 6.07) is 3.95. The Hall–Kier alpha value is -2.23. The van der Waals surface area contributed by atoms with Gasteiger partial charge < -0.3 is 0 Å². The Morgan fingerprint density at radius 2 is 2.00 bits per heavy atom. The first-order chi connectivity index (χ1) is 8.99. The molecule has 0 aromatic carbocycles. The van der Waals surface area contributed by atoms with Crippen LogP contribution < -0.4 is 10.7 Å². The number of rotatable bonds is 2. The zero-order valence-corrected chi connectivity index (χ0v) is 11.8. The standard InChI is InChI=1S/C15H18N4/c1-10(2)18-12(4)15-13(5)19(9-17-15)14-6-7-16-11(3)8-14/h6-9H,5H2,1-4H3/b15-12+. The van der Waals surface area contributed by atoms with Crippen molar-refractivity contribution in [1.29, 1.82) is 0 Å². The second kappa shape index (κ2) is 5.18. The van der Waals surface area contributed by atoms with Gasteiger partial charge in [-0.15, -0.1) is 0 Å². The monoisotopic (exact) mass is 254 g/mol. The summed E-state index contributed by atoms with van der Waals surface area (Å²) in [4.78, 5) is 13.0. The van der Waals surface area contributed by atoms with Crippen LogP contribution >= 0.6 is 0 Å². The molecule has 0 aliphatic carbocycles. The molecule has 0 N–H and O–H groups in total. The minimum Gasteiger partial charge on any atom is -0.299 e. The van der Waals surface area contributed by atoms with Crippen LogP contribution in [-0.4, -0.2) is 20.2 Å². The number of nitrogens with zero attached hydrogens (tertiary/aromatic N) is 4. The van der Waals surface area contributed by atoms with Gasteiger partial charge in [0.25, 0.3) is 0 Å². The van der Waals surface area contributed by atoms with Crippen LogP contribution in [0.2, 0.25) is 0 Å². The molecule has 2 aromatic rings. The maximum Gasteiger partial charge on any atom is 0.109 e. The highest BCUT2D eigenvalue weighted by Crippen LogP contribution is 2.04. The van der Waals surface area contributed by atoms with Gasteiger partial charge in [-0.05, 0) is 39.8 Å². The average Bonchev–Trinajstić information content (AvgIpc) is 2.70. The molecule has 0 amide bonds. The third-order valence-corrected chi connectivity index (χ3v) is 2.76. The van der Waals surface area contributed by atoms with Crippen LogP contribution in [0.4, 0.5) is 0 Å². The third-order valence-electron chi connectivity index (χ3n) is 2.76. The minimum absolute atomic E-state index is 0.829. The van der Waals surface area contributed by atoms with Crippen LogP contribution in [0, 0.1) is 6.92 Å². The Bertz CT molecular complexity index is 734. The zero-order chi connectivity index (χ0) is 14.0. The molecular weight excluding hydrogens is 236 g/mol. The molecule has 19 heavy (non-hydrogen) atoms. The summed E-state index contributed by atoms with van der Waals surface area (Å²) >= 11 is 0. The average molecular weight is 254 g/mol. The van der Waals surface area contributed by atoms with Gasteiger partial charge >= 0.3 is 0 Å². The predicted molar refractivity (Wildman–Crippen MR) is 78.7 cm³/mol. The molecule has 0 unspecified atom stereocenters. The summed E-state index contributed by atoms with van der Waals surface area (Å²) in [5.41, 5.74) is 3.87. The first kappa shape index (κ1) is 13.2. The fourth-order valence-electron chi connectivity index (χ4n) is 1.97. The van der Waals surface area contributed by atoms with Crippen molar-refractivity contribution in [3.8, 4) is 5.69 Å². The van der Waals surface area contributed by atoms with E-state index in [1.54, 1.807) is 12.5 Å². The number of hydrogen-bond acceptors (Lipinski definition) is 3. The molecule has 4 nitrogen and oxygen atoms in total. The van der Waals surface area contributed by atoms with Gasteiger partial charge in [0.2, 0.25) is 0 Å². The van der Waals surface area contributed by atoms with E-state index in [4.69, 9.17) is 0 Å². The molecular formula is C15H18N4. The number of aliphatic imine (C=N–C) groups is 1. The molecule has 4 heteroatoms. The van der Waals surface area contributed by atoms with E-state index < -0.39 is 0 Å². The second-order valence-electron chi connectivity index (χ2n) is 4.71. The summed E-state index contributed by atoms with van der Waals surface area (Å²) in [5, 5.41) is 1.67. The Balaban J connectivity index is 2.63. The van der Waals surface area contributed by atoms with Crippen LogP contribution in [0.1, 0.15) is 26.5 Å². The van der Waals surface area contributed by atoms with Crippen LogP contribution in [-0.2, 0) is 0 Å². The molecule has 0 saturated carbocycles. The summed E-state index contributed by atoms with van der Waals surface area (Å²) in [6.45, 7) is 12.0. The SMILES string of the molecule is C=c1/c(=C(/C)N=C(C)C)ncn1-c1ccnc(C)c1. The molecule has 2 rings (SSSR count). The van der Waals surface area contributed by atoms with Gasteiger partial charge in [0.05, 0.1) is 16.7 Å². The summed E-state index contributed by atoms with van der Waals surface area (Å²) in [7, 11) is 0. The van der Waals surface area contributed by atoms with Crippen LogP contribution in [0.5, 0.6) is 0 Å². The largest absolute Gasteiger partial charge is 0.299 e. The van der Waals surface area contributed by atoms with Crippen molar-refractivity contribution >= 4 is 18.0 Å². The number of pyridine rings is 1. The maximum atomic E-state index is 4.44. The summed E-state index contributed by atoms with van der Waals surface area (Å²) in [6.07, 6.45) is 3.56. The molecule has 0 atom stereocenters. The highest BCUT2D eigenvalue weighted by atomic mass is 15.0. The Kier molecular flexibility index (Phi) is 3.60. The van der Waals surface area contributed by atoms with Gasteiger partial charge in [-0.3, -0.25) is 14.5 Å². The Labute approximate surface area is 112 Å². The molecule has 0 spiro atoms. The van der Waals surface area contributed by atoms with Crippen molar-refractivity contribution < 1.29 is 0 Å². The third kappa shape index (κ3) is 2.78. The van der Waals surface area contributed by atoms with Crippen molar-refractivity contribution in [2.75, 3.05) is 0 Å². The van der Waals surface area contributed by atoms with Crippen LogP contribution in [0.3, 0.4) is 0 Å². The van der Waals surface area contributed by atoms with Crippen molar-refractivity contribution in [2.45, 2.75) is 27.7 Å². The molecule has 0 aliphatic heterocycles. The molecule has 2 aromatic heterocycles. The molecule has 2 heterocycles. The van der Waals surface area contributed by atoms with Crippen molar-refractivity contribution in [3.63, 3.8) is 0 Å². The first-order valence-corrected chi connectivity index (χ1v) is 6.17. The van der Waals surface area contributed by atoms with Gasteiger partial charge in [0.1, 0.15) is 11.7 Å². The van der Waals surface area contributed by atoms with Crippen LogP contribution in [0.15, 0.2) is 29.6 Å². The minimum atomic E-state index is 0.829. The second-order valence-corrected chi connectivity index (χ2v) is 4.71.